The molecule has 0 saturated heterocycles. The standard InChI is InChI=1S/C32H32FN4O7P/c1-3-43-32(41)20(2)36-45(42,44-23-8-5-4-6-9-23)17-16-35-30(39)26-24-10-7-15-34-28(24)29(38)27-25(26)19-37(31(27)40)18-21-11-13-22(33)14-12-21/h4-15,20,38H,3,16-19H2,1-2H3,(H,35,39)(H,36,42)/t20-,45?/m0/s1. The van der Waals surface area contributed by atoms with Crippen LogP contribution in [0, 0.1) is 5.82 Å². The van der Waals surface area contributed by atoms with Crippen LogP contribution in [0.25, 0.3) is 10.9 Å². The number of aromatic nitrogens is 1. The predicted molar refractivity (Wildman–Crippen MR) is 164 cm³/mol. The Morgan fingerprint density at radius 3 is 2.56 bits per heavy atom. The number of nitrogens with one attached hydrogen (secondary N) is 2. The fourth-order valence-electron chi connectivity index (χ4n) is 5.16. The number of esters is 1. The van der Waals surface area contributed by atoms with E-state index in [1.165, 1.54) is 30.2 Å². The fraction of sp³-hybridized carbons (Fsp3) is 0.250. The van der Waals surface area contributed by atoms with E-state index in [2.05, 4.69) is 15.4 Å². The number of amides is 2. The van der Waals surface area contributed by atoms with Crippen LogP contribution in [-0.2, 0) is 27.2 Å². The first-order valence-corrected chi connectivity index (χ1v) is 16.1. The molecule has 0 aliphatic carbocycles. The lowest BCUT2D eigenvalue weighted by molar-refractivity contribution is -0.144. The molecule has 1 aromatic heterocycles. The summed E-state index contributed by atoms with van der Waals surface area (Å²) >= 11 is 0. The molecule has 0 radical (unpaired) electrons. The molecule has 11 nitrogen and oxygen atoms in total. The molecule has 45 heavy (non-hydrogen) atoms. The number of para-hydroxylation sites is 1. The summed E-state index contributed by atoms with van der Waals surface area (Å²) in [7, 11) is -3.76. The minimum absolute atomic E-state index is 0.0148. The number of fused-ring (bicyclic) bond motifs is 2. The van der Waals surface area contributed by atoms with E-state index in [9.17, 15) is 28.4 Å². The van der Waals surface area contributed by atoms with Crippen molar-refractivity contribution in [3.8, 4) is 11.5 Å². The van der Waals surface area contributed by atoms with Gasteiger partial charge in [-0.3, -0.25) is 23.9 Å². The molecule has 4 aromatic rings. The third-order valence-corrected chi connectivity index (χ3v) is 9.32. The molecule has 3 aromatic carbocycles. The van der Waals surface area contributed by atoms with Gasteiger partial charge in [0.1, 0.15) is 23.1 Å². The smallest absolute Gasteiger partial charge is 0.323 e. The first-order chi connectivity index (χ1) is 21.6. The Morgan fingerprint density at radius 1 is 1.11 bits per heavy atom. The van der Waals surface area contributed by atoms with E-state index >= 15 is 0 Å². The number of carbonyl (C=O) groups excluding carboxylic acids is 3. The van der Waals surface area contributed by atoms with Gasteiger partial charge in [0, 0.05) is 36.8 Å². The zero-order chi connectivity index (χ0) is 32.1. The number of benzene rings is 3. The average Bonchev–Trinajstić information content (AvgIpc) is 3.34. The van der Waals surface area contributed by atoms with Gasteiger partial charge in [-0.2, -0.15) is 0 Å². The third-order valence-electron chi connectivity index (χ3n) is 7.22. The van der Waals surface area contributed by atoms with E-state index in [0.717, 1.165) is 0 Å². The van der Waals surface area contributed by atoms with Crippen LogP contribution >= 0.6 is 7.52 Å². The minimum atomic E-state index is -3.76. The number of hydrogen-bond donors (Lipinski definition) is 3. The molecule has 1 aliphatic rings. The molecule has 0 fully saturated rings. The second kappa shape index (κ2) is 13.5. The zero-order valence-electron chi connectivity index (χ0n) is 24.7. The number of carbonyl (C=O) groups is 3. The summed E-state index contributed by atoms with van der Waals surface area (Å²) in [6, 6.07) is 16.4. The van der Waals surface area contributed by atoms with Crippen molar-refractivity contribution in [2.24, 2.45) is 0 Å². The largest absolute Gasteiger partial charge is 0.505 e. The highest BCUT2D eigenvalue weighted by atomic mass is 31.2. The van der Waals surface area contributed by atoms with Crippen molar-refractivity contribution in [3.63, 3.8) is 0 Å². The van der Waals surface area contributed by atoms with Crippen molar-refractivity contribution in [2.45, 2.75) is 33.0 Å². The fourth-order valence-corrected chi connectivity index (χ4v) is 7.00. The second-order valence-electron chi connectivity index (χ2n) is 10.4. The number of nitrogens with zero attached hydrogens (tertiary/aromatic N) is 2. The number of halogens is 1. The maximum Gasteiger partial charge on any atom is 0.323 e. The SMILES string of the molecule is CCOC(=O)[C@H](C)NP(=O)(CCNC(=O)c1c2c(c(O)c3ncccc13)C(=O)N(Cc1ccc(F)cc1)C2)Oc1ccccc1. The van der Waals surface area contributed by atoms with Crippen LogP contribution in [0.15, 0.2) is 72.9 Å². The topological polar surface area (TPSA) is 147 Å². The van der Waals surface area contributed by atoms with Crippen molar-refractivity contribution < 1.29 is 37.7 Å². The number of phenols is 1. The van der Waals surface area contributed by atoms with Crippen LogP contribution in [0.1, 0.15) is 45.7 Å². The highest BCUT2D eigenvalue weighted by Crippen LogP contribution is 2.43. The van der Waals surface area contributed by atoms with Crippen LogP contribution in [0.4, 0.5) is 4.39 Å². The molecule has 234 valence electrons. The lowest BCUT2D eigenvalue weighted by atomic mass is 9.96. The van der Waals surface area contributed by atoms with Crippen LogP contribution in [0.5, 0.6) is 11.5 Å². The Morgan fingerprint density at radius 2 is 1.84 bits per heavy atom. The average molecular weight is 635 g/mol. The molecule has 5 rings (SSSR count). The number of phenolic OH excluding ortho intramolecular Hbond substituents is 1. The predicted octanol–water partition coefficient (Wildman–Crippen LogP) is 4.78. The van der Waals surface area contributed by atoms with Gasteiger partial charge in [-0.05, 0) is 49.7 Å². The lowest BCUT2D eigenvalue weighted by Gasteiger charge is -2.24. The van der Waals surface area contributed by atoms with Crippen LogP contribution in [0.2, 0.25) is 0 Å². The van der Waals surface area contributed by atoms with Gasteiger partial charge in [-0.15, -0.1) is 0 Å². The van der Waals surface area contributed by atoms with Gasteiger partial charge >= 0.3 is 13.5 Å². The van der Waals surface area contributed by atoms with E-state index in [1.807, 2.05) is 0 Å². The Kier molecular flexibility index (Phi) is 9.45. The molecule has 1 aliphatic heterocycles. The highest BCUT2D eigenvalue weighted by molar-refractivity contribution is 7.57. The molecule has 0 spiro atoms. The first kappa shape index (κ1) is 31.6. The van der Waals surface area contributed by atoms with Gasteiger partial charge in [0.2, 0.25) is 0 Å². The van der Waals surface area contributed by atoms with E-state index in [0.29, 0.717) is 22.3 Å². The maximum atomic E-state index is 13.9. The number of pyridine rings is 1. The monoisotopic (exact) mass is 634 g/mol. The van der Waals surface area contributed by atoms with Crippen molar-refractivity contribution in [1.82, 2.24) is 20.3 Å². The summed E-state index contributed by atoms with van der Waals surface area (Å²) in [5.74, 6) is -2.11. The molecular weight excluding hydrogens is 602 g/mol. The van der Waals surface area contributed by atoms with Gasteiger partial charge in [0.15, 0.2) is 5.75 Å². The molecule has 2 atom stereocenters. The minimum Gasteiger partial charge on any atom is -0.505 e. The molecule has 2 heterocycles. The van der Waals surface area contributed by atoms with Gasteiger partial charge in [0.25, 0.3) is 11.8 Å². The highest BCUT2D eigenvalue weighted by Gasteiger charge is 2.37. The molecule has 13 heteroatoms. The quantitative estimate of drug-likeness (QED) is 0.148. The van der Waals surface area contributed by atoms with Crippen molar-refractivity contribution >= 4 is 36.2 Å². The summed E-state index contributed by atoms with van der Waals surface area (Å²) in [4.78, 5) is 45.2. The Labute approximate surface area is 258 Å². The molecule has 0 bridgehead atoms. The third kappa shape index (κ3) is 6.97. The van der Waals surface area contributed by atoms with Crippen LogP contribution in [0.3, 0.4) is 0 Å². The molecule has 3 N–H and O–H groups in total. The molecular formula is C32H32FN4O7P. The Hall–Kier alpha value is -4.80. The van der Waals surface area contributed by atoms with E-state index < -0.39 is 37.2 Å². The summed E-state index contributed by atoms with van der Waals surface area (Å²) in [5, 5.41) is 16.9. The normalized spacial score (nSPS) is 14.5. The van der Waals surface area contributed by atoms with Gasteiger partial charge in [0.05, 0.1) is 23.9 Å². The van der Waals surface area contributed by atoms with Crippen LogP contribution < -0.4 is 14.9 Å². The van der Waals surface area contributed by atoms with E-state index in [4.69, 9.17) is 9.26 Å². The molecule has 0 saturated carbocycles. The Bertz CT molecular complexity index is 1790. The number of aromatic hydroxyl groups is 1. The van der Waals surface area contributed by atoms with Crippen molar-refractivity contribution in [1.29, 1.82) is 0 Å². The number of ether oxygens (including phenoxy) is 1. The number of hydrogen-bond acceptors (Lipinski definition) is 8. The molecule has 2 amide bonds. The summed E-state index contributed by atoms with van der Waals surface area (Å²) in [6.45, 7) is 3.33. The second-order valence-corrected chi connectivity index (χ2v) is 12.7. The van der Waals surface area contributed by atoms with Gasteiger partial charge in [-0.1, -0.05) is 36.4 Å². The Balaban J connectivity index is 1.40. The summed E-state index contributed by atoms with van der Waals surface area (Å²) in [5.41, 5.74) is 1.19. The first-order valence-electron chi connectivity index (χ1n) is 14.3. The summed E-state index contributed by atoms with van der Waals surface area (Å²) < 4.78 is 38.2. The summed E-state index contributed by atoms with van der Waals surface area (Å²) in [6.07, 6.45) is 1.25. The zero-order valence-corrected chi connectivity index (χ0v) is 25.6. The lowest BCUT2D eigenvalue weighted by Crippen LogP contribution is -2.37. The van der Waals surface area contributed by atoms with Gasteiger partial charge in [-0.25, -0.2) is 9.48 Å². The van der Waals surface area contributed by atoms with E-state index in [1.54, 1.807) is 61.5 Å². The van der Waals surface area contributed by atoms with E-state index in [-0.39, 0.29) is 54.8 Å². The van der Waals surface area contributed by atoms with Crippen molar-refractivity contribution in [3.05, 3.63) is 101 Å². The van der Waals surface area contributed by atoms with Gasteiger partial charge < -0.3 is 24.6 Å². The van der Waals surface area contributed by atoms with Crippen LogP contribution in [-0.4, -0.2) is 58.1 Å². The molecule has 1 unspecified atom stereocenters. The van der Waals surface area contributed by atoms with Crippen molar-refractivity contribution in [2.75, 3.05) is 19.3 Å². The number of rotatable bonds is 12. The maximum absolute atomic E-state index is 13.9.